The molecule has 0 bridgehead atoms. The van der Waals surface area contributed by atoms with Crippen LogP contribution < -0.4 is 10.7 Å². The first-order chi connectivity index (χ1) is 21.6. The molecule has 1 aromatic heterocycles. The summed E-state index contributed by atoms with van der Waals surface area (Å²) >= 11 is 0. The van der Waals surface area contributed by atoms with Crippen LogP contribution in [0.5, 0.6) is 0 Å². The molecule has 3 saturated heterocycles. The lowest BCUT2D eigenvalue weighted by molar-refractivity contribution is -0.125. The van der Waals surface area contributed by atoms with E-state index >= 15 is 0 Å². The number of aromatic nitrogens is 2. The Bertz CT molecular complexity index is 1470. The van der Waals surface area contributed by atoms with Gasteiger partial charge in [0.25, 0.3) is 5.91 Å². The quantitative estimate of drug-likeness (QED) is 0.375. The smallest absolute Gasteiger partial charge is 0.343 e. The molecule has 7 aliphatic rings. The maximum Gasteiger partial charge on any atom is 0.343 e. The number of fused-ring (bicyclic) bond motifs is 6. The van der Waals surface area contributed by atoms with Crippen molar-refractivity contribution in [2.24, 2.45) is 38.9 Å². The number of azo groups is 1. The summed E-state index contributed by atoms with van der Waals surface area (Å²) in [5, 5.41) is 18.2. The number of carbonyl (C=O) groups is 2. The molecule has 13 heteroatoms. The van der Waals surface area contributed by atoms with Crippen molar-refractivity contribution in [1.82, 2.24) is 20.2 Å². The van der Waals surface area contributed by atoms with Crippen LogP contribution >= 0.6 is 0 Å². The van der Waals surface area contributed by atoms with E-state index in [9.17, 15) is 9.59 Å². The van der Waals surface area contributed by atoms with Crippen molar-refractivity contribution in [1.29, 1.82) is 0 Å². The second-order valence-corrected chi connectivity index (χ2v) is 12.6. The molecular weight excluding hydrogens is 564 g/mol. The van der Waals surface area contributed by atoms with E-state index in [1.54, 1.807) is 11.2 Å². The van der Waals surface area contributed by atoms with Crippen LogP contribution in [0.3, 0.4) is 0 Å². The summed E-state index contributed by atoms with van der Waals surface area (Å²) in [7, 11) is 0. The molecule has 5 fully saturated rings. The fraction of sp³-hybridized carbons (Fsp3) is 0.613. The standard InChI is InChI=1S/C17H19N5O2.C14H19N3O3/c23-16-14(20-19-11-4-2-1-3-5-11)15-18-13(10-6-7-10)12-8-9-24-17(12)22(15)21-16;1-2-19-14(18)10-7-15-17-12(10)16-11(8-3-4-8)9-5-6-20-13(9)17/h1-5,10,12-14,17H,6-9H2,(H,21,23);7-9,11,13,16H,2-6H2,1H3. The maximum atomic E-state index is 12.4. The second-order valence-electron chi connectivity index (χ2n) is 12.6. The van der Waals surface area contributed by atoms with Gasteiger partial charge in [-0.05, 0) is 69.4 Å². The van der Waals surface area contributed by atoms with Crippen molar-refractivity contribution in [3.05, 3.63) is 42.1 Å². The third-order valence-electron chi connectivity index (χ3n) is 9.73. The van der Waals surface area contributed by atoms with Crippen molar-refractivity contribution in [2.75, 3.05) is 25.1 Å². The van der Waals surface area contributed by atoms with Crippen LogP contribution in [-0.4, -0.2) is 76.7 Å². The fourth-order valence-electron chi connectivity index (χ4n) is 7.32. The molecule has 9 rings (SSSR count). The molecule has 1 amide bonds. The molecule has 13 nitrogen and oxygen atoms in total. The van der Waals surface area contributed by atoms with Crippen molar-refractivity contribution >= 4 is 29.2 Å². The van der Waals surface area contributed by atoms with Gasteiger partial charge in [0.1, 0.15) is 11.4 Å². The number of hydrogen-bond donors (Lipinski definition) is 2. The van der Waals surface area contributed by atoms with Gasteiger partial charge in [0.15, 0.2) is 18.3 Å². The third-order valence-corrected chi connectivity index (χ3v) is 9.73. The van der Waals surface area contributed by atoms with Gasteiger partial charge < -0.3 is 19.5 Å². The molecule has 2 N–H and O–H groups in total. The number of amidine groups is 1. The number of amides is 1. The molecule has 7 atom stereocenters. The lowest BCUT2D eigenvalue weighted by Crippen LogP contribution is -2.53. The Morgan fingerprint density at radius 3 is 2.52 bits per heavy atom. The zero-order valence-electron chi connectivity index (χ0n) is 24.7. The highest BCUT2D eigenvalue weighted by Gasteiger charge is 2.54. The van der Waals surface area contributed by atoms with Crippen molar-refractivity contribution in [3.8, 4) is 0 Å². The van der Waals surface area contributed by atoms with E-state index in [4.69, 9.17) is 19.2 Å². The fourth-order valence-corrected chi connectivity index (χ4v) is 7.32. The number of rotatable bonds is 6. The summed E-state index contributed by atoms with van der Waals surface area (Å²) in [6, 6.07) is 9.41. The zero-order chi connectivity index (χ0) is 29.8. The van der Waals surface area contributed by atoms with Crippen molar-refractivity contribution in [3.63, 3.8) is 0 Å². The largest absolute Gasteiger partial charge is 0.462 e. The number of aliphatic imine (C=N–C) groups is 1. The highest BCUT2D eigenvalue weighted by Crippen LogP contribution is 2.48. The van der Waals surface area contributed by atoms with Gasteiger partial charge in [0.05, 0.1) is 24.5 Å². The van der Waals surface area contributed by atoms with Crippen LogP contribution in [0, 0.1) is 23.7 Å². The molecule has 44 heavy (non-hydrogen) atoms. The Morgan fingerprint density at radius 2 is 1.77 bits per heavy atom. The van der Waals surface area contributed by atoms with Gasteiger partial charge in [-0.25, -0.2) is 14.5 Å². The first-order valence-corrected chi connectivity index (χ1v) is 16.0. The molecule has 7 unspecified atom stereocenters. The SMILES string of the molecule is CCOC(=O)c1cnn2c1NC(C1CC1)C1CCOC12.O=C1NN2C(=NC(C3CC3)C3CCOC32)C1N=Nc1ccccc1. The Kier molecular flexibility index (Phi) is 7.09. The van der Waals surface area contributed by atoms with E-state index in [1.165, 1.54) is 25.7 Å². The minimum atomic E-state index is -0.684. The van der Waals surface area contributed by atoms with Crippen LogP contribution in [0.25, 0.3) is 0 Å². The highest BCUT2D eigenvalue weighted by molar-refractivity contribution is 6.12. The number of ether oxygens (including phenoxy) is 3. The topological polar surface area (TPSA) is 144 Å². The number of carbonyl (C=O) groups excluding carboxylic acids is 2. The minimum Gasteiger partial charge on any atom is -0.462 e. The number of esters is 1. The molecule has 2 aliphatic carbocycles. The van der Waals surface area contributed by atoms with Crippen LogP contribution in [0.15, 0.2) is 51.7 Å². The monoisotopic (exact) mass is 602 g/mol. The second kappa shape index (κ2) is 11.3. The predicted molar refractivity (Wildman–Crippen MR) is 158 cm³/mol. The molecule has 0 radical (unpaired) electrons. The first-order valence-electron chi connectivity index (χ1n) is 16.0. The van der Waals surface area contributed by atoms with Gasteiger partial charge >= 0.3 is 5.97 Å². The number of anilines is 1. The summed E-state index contributed by atoms with van der Waals surface area (Å²) in [6.07, 6.45) is 8.51. The molecule has 6 heterocycles. The van der Waals surface area contributed by atoms with Crippen LogP contribution in [0.2, 0.25) is 0 Å². The maximum absolute atomic E-state index is 12.4. The van der Waals surface area contributed by atoms with Gasteiger partial charge in [-0.3, -0.25) is 15.2 Å². The van der Waals surface area contributed by atoms with E-state index < -0.39 is 6.04 Å². The van der Waals surface area contributed by atoms with Crippen molar-refractivity contribution in [2.45, 2.75) is 76.0 Å². The number of hydrazine groups is 1. The lowest BCUT2D eigenvalue weighted by atomic mass is 9.91. The van der Waals surface area contributed by atoms with E-state index in [0.717, 1.165) is 37.6 Å². The summed E-state index contributed by atoms with van der Waals surface area (Å²) in [6.45, 7) is 3.68. The summed E-state index contributed by atoms with van der Waals surface area (Å²) < 4.78 is 18.7. The average molecular weight is 603 g/mol. The average Bonchev–Trinajstić information content (AvgIpc) is 3.85. The van der Waals surface area contributed by atoms with Crippen LogP contribution in [-0.2, 0) is 19.0 Å². The van der Waals surface area contributed by atoms with Gasteiger partial charge in [-0.1, -0.05) is 18.2 Å². The van der Waals surface area contributed by atoms with E-state index in [-0.39, 0.29) is 30.4 Å². The Morgan fingerprint density at radius 1 is 1.02 bits per heavy atom. The van der Waals surface area contributed by atoms with E-state index in [2.05, 4.69) is 26.1 Å². The number of nitrogens with one attached hydrogen (secondary N) is 2. The molecule has 2 saturated carbocycles. The van der Waals surface area contributed by atoms with Crippen LogP contribution in [0.1, 0.15) is 62.0 Å². The third kappa shape index (κ3) is 4.95. The minimum absolute atomic E-state index is 0.0278. The summed E-state index contributed by atoms with van der Waals surface area (Å²) in [5.74, 6) is 3.12. The highest BCUT2D eigenvalue weighted by atomic mass is 16.5. The Balaban J connectivity index is 0.000000134. The lowest BCUT2D eigenvalue weighted by Gasteiger charge is -2.37. The number of benzene rings is 1. The normalized spacial score (nSPS) is 33.3. The van der Waals surface area contributed by atoms with Crippen molar-refractivity contribution < 1.29 is 23.8 Å². The van der Waals surface area contributed by atoms with Gasteiger partial charge in [0.2, 0.25) is 6.04 Å². The van der Waals surface area contributed by atoms with Gasteiger partial charge in [-0.2, -0.15) is 15.3 Å². The summed E-state index contributed by atoms with van der Waals surface area (Å²) in [4.78, 5) is 29.3. The Hall–Kier alpha value is -3.84. The Labute approximate surface area is 255 Å². The predicted octanol–water partition coefficient (Wildman–Crippen LogP) is 3.84. The number of hydrogen-bond acceptors (Lipinski definition) is 11. The summed E-state index contributed by atoms with van der Waals surface area (Å²) in [5.41, 5.74) is 4.13. The molecule has 232 valence electrons. The molecular formula is C31H38N8O5. The van der Waals surface area contributed by atoms with Gasteiger partial charge in [-0.15, -0.1) is 0 Å². The van der Waals surface area contributed by atoms with Crippen LogP contribution in [0.4, 0.5) is 11.5 Å². The van der Waals surface area contributed by atoms with E-state index in [1.807, 2.05) is 41.9 Å². The van der Waals surface area contributed by atoms with E-state index in [0.29, 0.717) is 47.7 Å². The van der Waals surface area contributed by atoms with Gasteiger partial charge in [0, 0.05) is 31.1 Å². The molecule has 5 aliphatic heterocycles. The molecule has 0 spiro atoms. The first kappa shape index (κ1) is 27.7. The number of nitrogens with zero attached hydrogens (tertiary/aromatic N) is 6. The molecule has 1 aromatic carbocycles. The zero-order valence-corrected chi connectivity index (χ0v) is 24.7. The molecule has 2 aromatic rings.